The zero-order chi connectivity index (χ0) is 14.2. The lowest BCUT2D eigenvalue weighted by Gasteiger charge is -2.28. The molecule has 3 heterocycles. The largest absolute Gasteiger partial charge is 0.311 e. The summed E-state index contributed by atoms with van der Waals surface area (Å²) >= 11 is 1.66. The Hall–Kier alpha value is -1.26. The number of hydrogen-bond donors (Lipinski definition) is 1. The fourth-order valence-electron chi connectivity index (χ4n) is 3.90. The van der Waals surface area contributed by atoms with Crippen molar-refractivity contribution in [3.05, 3.63) is 29.3 Å². The summed E-state index contributed by atoms with van der Waals surface area (Å²) in [7, 11) is 0. The van der Waals surface area contributed by atoms with Gasteiger partial charge in [-0.2, -0.15) is 0 Å². The number of benzene rings is 1. The van der Waals surface area contributed by atoms with Gasteiger partial charge < -0.3 is 5.32 Å². The van der Waals surface area contributed by atoms with Crippen LogP contribution in [0.3, 0.4) is 0 Å². The van der Waals surface area contributed by atoms with Crippen molar-refractivity contribution >= 4 is 27.3 Å². The summed E-state index contributed by atoms with van der Waals surface area (Å²) in [6, 6.07) is 9.46. The summed E-state index contributed by atoms with van der Waals surface area (Å²) in [5.74, 6) is 0.950. The minimum atomic E-state index is 0.361. The molecule has 110 valence electrons. The van der Waals surface area contributed by atoms with Gasteiger partial charge in [-0.15, -0.1) is 11.3 Å². The summed E-state index contributed by atoms with van der Waals surface area (Å²) in [4.78, 5) is 16.9. The van der Waals surface area contributed by atoms with E-state index in [1.807, 2.05) is 18.2 Å². The van der Waals surface area contributed by atoms with E-state index in [-0.39, 0.29) is 0 Å². The van der Waals surface area contributed by atoms with E-state index >= 15 is 0 Å². The Morgan fingerprint density at radius 3 is 2.76 bits per heavy atom. The Bertz CT molecular complexity index is 621. The van der Waals surface area contributed by atoms with Gasteiger partial charge in [0.25, 0.3) is 0 Å². The lowest BCUT2D eigenvalue weighted by atomic mass is 9.88. The predicted molar refractivity (Wildman–Crippen MR) is 85.6 cm³/mol. The van der Waals surface area contributed by atoms with Gasteiger partial charge in [0.2, 0.25) is 0 Å². The van der Waals surface area contributed by atoms with E-state index in [0.29, 0.717) is 30.2 Å². The van der Waals surface area contributed by atoms with Gasteiger partial charge in [-0.05, 0) is 43.7 Å². The predicted octanol–water partition coefficient (Wildman–Crippen LogP) is 3.33. The van der Waals surface area contributed by atoms with E-state index in [1.165, 1.54) is 30.4 Å². The molecule has 2 unspecified atom stereocenters. The molecule has 2 aromatic rings. The number of nitrogens with one attached hydrogen (secondary N) is 1. The van der Waals surface area contributed by atoms with Crippen molar-refractivity contribution < 1.29 is 4.79 Å². The van der Waals surface area contributed by atoms with E-state index in [0.717, 1.165) is 16.9 Å². The van der Waals surface area contributed by atoms with Crippen LogP contribution in [0, 0.1) is 5.92 Å². The number of carbonyl (C=O) groups excluding carboxylic acids is 1. The molecule has 0 saturated carbocycles. The lowest BCUT2D eigenvalue weighted by Crippen LogP contribution is -2.38. The number of rotatable bonds is 4. The second-order valence-electron chi connectivity index (χ2n) is 6.47. The fraction of sp³-hybridized carbons (Fsp3) is 0.529. The van der Waals surface area contributed by atoms with Crippen LogP contribution < -0.4 is 5.32 Å². The first-order valence-electron chi connectivity index (χ1n) is 7.88. The fourth-order valence-corrected chi connectivity index (χ4v) is 4.90. The van der Waals surface area contributed by atoms with Gasteiger partial charge in [-0.25, -0.2) is 4.98 Å². The average Bonchev–Trinajstić information content (AvgIpc) is 3.01. The highest BCUT2D eigenvalue weighted by atomic mass is 32.1. The molecule has 0 aliphatic carbocycles. The zero-order valence-corrected chi connectivity index (χ0v) is 12.9. The van der Waals surface area contributed by atoms with E-state index in [4.69, 9.17) is 0 Å². The molecular formula is C17H20N2OS. The quantitative estimate of drug-likeness (QED) is 0.941. The normalized spacial score (nSPS) is 28.1. The van der Waals surface area contributed by atoms with Gasteiger partial charge in [0.15, 0.2) is 0 Å². The molecule has 2 aliphatic heterocycles. The molecule has 1 N–H and O–H groups in total. The highest BCUT2D eigenvalue weighted by Crippen LogP contribution is 2.33. The van der Waals surface area contributed by atoms with Crippen molar-refractivity contribution in [3.8, 4) is 0 Å². The molecule has 2 atom stereocenters. The highest BCUT2D eigenvalue weighted by Gasteiger charge is 2.34. The molecule has 21 heavy (non-hydrogen) atoms. The minimum absolute atomic E-state index is 0.361. The molecule has 2 bridgehead atoms. The first-order chi connectivity index (χ1) is 10.3. The molecule has 4 heteroatoms. The molecule has 2 fully saturated rings. The van der Waals surface area contributed by atoms with E-state index < -0.39 is 0 Å². The number of fused-ring (bicyclic) bond motifs is 3. The van der Waals surface area contributed by atoms with Gasteiger partial charge in [-0.3, -0.25) is 4.79 Å². The Kier molecular flexibility index (Phi) is 3.51. The SMILES string of the molecule is O=C(Cc1nc2ccccc2s1)CC1CC2CCC(C1)N2. The van der Waals surface area contributed by atoms with Gasteiger partial charge in [0.05, 0.1) is 16.6 Å². The molecular weight excluding hydrogens is 280 g/mol. The van der Waals surface area contributed by atoms with Crippen LogP contribution >= 0.6 is 11.3 Å². The highest BCUT2D eigenvalue weighted by molar-refractivity contribution is 7.18. The number of carbonyl (C=O) groups is 1. The van der Waals surface area contributed by atoms with Gasteiger partial charge in [0.1, 0.15) is 10.8 Å². The molecule has 0 radical (unpaired) electrons. The topological polar surface area (TPSA) is 42.0 Å². The Balaban J connectivity index is 1.39. The first-order valence-corrected chi connectivity index (χ1v) is 8.70. The summed E-state index contributed by atoms with van der Waals surface area (Å²) < 4.78 is 1.18. The van der Waals surface area contributed by atoms with Crippen LogP contribution in [0.5, 0.6) is 0 Å². The first kappa shape index (κ1) is 13.4. The molecule has 1 aromatic heterocycles. The van der Waals surface area contributed by atoms with E-state index in [2.05, 4.69) is 16.4 Å². The Morgan fingerprint density at radius 2 is 2.00 bits per heavy atom. The molecule has 2 saturated heterocycles. The van der Waals surface area contributed by atoms with Gasteiger partial charge in [0, 0.05) is 18.5 Å². The molecule has 0 spiro atoms. The maximum Gasteiger partial charge on any atom is 0.139 e. The second kappa shape index (κ2) is 5.50. The van der Waals surface area contributed by atoms with Crippen molar-refractivity contribution in [1.29, 1.82) is 0 Å². The zero-order valence-electron chi connectivity index (χ0n) is 12.0. The van der Waals surface area contributed by atoms with Crippen molar-refractivity contribution in [2.24, 2.45) is 5.92 Å². The third-order valence-electron chi connectivity index (χ3n) is 4.77. The summed E-state index contributed by atoms with van der Waals surface area (Å²) in [6.45, 7) is 0. The average molecular weight is 300 g/mol. The third-order valence-corrected chi connectivity index (χ3v) is 5.81. The smallest absolute Gasteiger partial charge is 0.139 e. The van der Waals surface area contributed by atoms with Crippen LogP contribution in [0.2, 0.25) is 0 Å². The number of para-hydroxylation sites is 1. The molecule has 2 aliphatic rings. The summed E-state index contributed by atoms with van der Waals surface area (Å²) in [6.07, 6.45) is 6.22. The number of hydrogen-bond acceptors (Lipinski definition) is 4. The molecule has 1 aromatic carbocycles. The van der Waals surface area contributed by atoms with Crippen LogP contribution in [0.1, 0.15) is 37.1 Å². The number of Topliss-reactive ketones (excluding diaryl/α,β-unsaturated/α-hetero) is 1. The van der Waals surface area contributed by atoms with Crippen molar-refractivity contribution in [2.45, 2.75) is 50.6 Å². The van der Waals surface area contributed by atoms with E-state index in [1.54, 1.807) is 11.3 Å². The maximum absolute atomic E-state index is 12.3. The van der Waals surface area contributed by atoms with Gasteiger partial charge >= 0.3 is 0 Å². The van der Waals surface area contributed by atoms with Crippen LogP contribution in [-0.2, 0) is 11.2 Å². The van der Waals surface area contributed by atoms with Crippen LogP contribution in [0.25, 0.3) is 10.2 Å². The summed E-state index contributed by atoms with van der Waals surface area (Å²) in [5, 5.41) is 4.61. The number of piperidine rings is 1. The minimum Gasteiger partial charge on any atom is -0.311 e. The molecule has 4 rings (SSSR count). The lowest BCUT2D eigenvalue weighted by molar-refractivity contribution is -0.119. The Labute approximate surface area is 128 Å². The maximum atomic E-state index is 12.3. The van der Waals surface area contributed by atoms with Gasteiger partial charge in [-0.1, -0.05) is 12.1 Å². The molecule has 3 nitrogen and oxygen atoms in total. The van der Waals surface area contributed by atoms with Crippen molar-refractivity contribution in [3.63, 3.8) is 0 Å². The monoisotopic (exact) mass is 300 g/mol. The Morgan fingerprint density at radius 1 is 1.24 bits per heavy atom. The number of thiazole rings is 1. The van der Waals surface area contributed by atoms with Crippen LogP contribution in [0.4, 0.5) is 0 Å². The second-order valence-corrected chi connectivity index (χ2v) is 7.59. The van der Waals surface area contributed by atoms with Crippen molar-refractivity contribution in [1.82, 2.24) is 10.3 Å². The van der Waals surface area contributed by atoms with Crippen molar-refractivity contribution in [2.75, 3.05) is 0 Å². The number of aromatic nitrogens is 1. The number of ketones is 1. The summed E-state index contributed by atoms with van der Waals surface area (Å²) in [5.41, 5.74) is 1.02. The third kappa shape index (κ3) is 2.87. The van der Waals surface area contributed by atoms with Crippen LogP contribution in [0.15, 0.2) is 24.3 Å². The van der Waals surface area contributed by atoms with E-state index in [9.17, 15) is 4.79 Å². The van der Waals surface area contributed by atoms with Crippen LogP contribution in [-0.4, -0.2) is 22.9 Å². The standard InChI is InChI=1S/C17H20N2OS/c20-14(9-11-7-12-5-6-13(8-11)18-12)10-17-19-15-3-1-2-4-16(15)21-17/h1-4,11-13,18H,5-10H2. The number of nitrogens with zero attached hydrogens (tertiary/aromatic N) is 1. The molecule has 0 amide bonds.